The third-order valence-electron chi connectivity index (χ3n) is 4.89. The number of imidazole rings is 1. The summed E-state index contributed by atoms with van der Waals surface area (Å²) in [6.45, 7) is 3.51. The molecule has 0 aliphatic carbocycles. The molecule has 0 radical (unpaired) electrons. The van der Waals surface area contributed by atoms with Gasteiger partial charge in [-0.05, 0) is 37.6 Å². The van der Waals surface area contributed by atoms with Crippen LogP contribution in [0, 0.1) is 6.92 Å². The minimum atomic E-state index is 0.0158. The van der Waals surface area contributed by atoms with Crippen molar-refractivity contribution in [2.45, 2.75) is 19.4 Å². The number of rotatable bonds is 5. The molecule has 4 rings (SSSR count). The van der Waals surface area contributed by atoms with Crippen molar-refractivity contribution in [3.05, 3.63) is 66.7 Å². The first-order valence-corrected chi connectivity index (χ1v) is 9.12. The van der Waals surface area contributed by atoms with Crippen LogP contribution < -0.4 is 4.74 Å². The van der Waals surface area contributed by atoms with Gasteiger partial charge in [-0.25, -0.2) is 4.98 Å². The van der Waals surface area contributed by atoms with E-state index in [2.05, 4.69) is 21.5 Å². The maximum Gasteiger partial charge on any atom is 0.260 e. The van der Waals surface area contributed by atoms with Crippen molar-refractivity contribution in [1.29, 1.82) is 0 Å². The Morgan fingerprint density at radius 2 is 2.04 bits per heavy atom. The van der Waals surface area contributed by atoms with Gasteiger partial charge in [-0.15, -0.1) is 0 Å². The Morgan fingerprint density at radius 1 is 1.19 bits per heavy atom. The number of ether oxygens (including phenoxy) is 1. The molecule has 0 spiro atoms. The van der Waals surface area contributed by atoms with Crippen LogP contribution in [0.2, 0.25) is 0 Å². The largest absolute Gasteiger partial charge is 0.484 e. The van der Waals surface area contributed by atoms with Crippen molar-refractivity contribution in [3.8, 4) is 17.1 Å². The Balaban J connectivity index is 1.44. The number of aryl methyl sites for hydroxylation is 1. The van der Waals surface area contributed by atoms with Gasteiger partial charge in [0, 0.05) is 42.9 Å². The predicted molar refractivity (Wildman–Crippen MR) is 102 cm³/mol. The number of aromatic nitrogens is 3. The summed E-state index contributed by atoms with van der Waals surface area (Å²) in [5.41, 5.74) is 2.08. The first-order valence-electron chi connectivity index (χ1n) is 9.12. The fourth-order valence-corrected chi connectivity index (χ4v) is 3.55. The molecule has 0 bridgehead atoms. The number of nitrogens with zero attached hydrogens (tertiary/aromatic N) is 4. The van der Waals surface area contributed by atoms with Crippen LogP contribution in [-0.2, 0) is 4.79 Å². The molecule has 1 atom stereocenters. The number of likely N-dealkylation sites (tertiary alicyclic amines) is 1. The molecule has 1 fully saturated rings. The lowest BCUT2D eigenvalue weighted by atomic mass is 10.2. The van der Waals surface area contributed by atoms with Gasteiger partial charge in [0.05, 0.1) is 6.04 Å². The Labute approximate surface area is 158 Å². The van der Waals surface area contributed by atoms with E-state index >= 15 is 0 Å². The van der Waals surface area contributed by atoms with Gasteiger partial charge in [0.1, 0.15) is 11.6 Å². The maximum atomic E-state index is 12.5. The molecule has 6 nitrogen and oxygen atoms in total. The number of hydrogen-bond donors (Lipinski definition) is 0. The van der Waals surface area contributed by atoms with Gasteiger partial charge in [-0.1, -0.05) is 18.2 Å². The highest BCUT2D eigenvalue weighted by Crippen LogP contribution is 2.29. The molecule has 0 saturated carbocycles. The lowest BCUT2D eigenvalue weighted by Gasteiger charge is -2.20. The summed E-state index contributed by atoms with van der Waals surface area (Å²) >= 11 is 0. The van der Waals surface area contributed by atoms with Gasteiger partial charge in [0.25, 0.3) is 5.91 Å². The minimum Gasteiger partial charge on any atom is -0.484 e. The first kappa shape index (κ1) is 17.3. The molecule has 2 aromatic heterocycles. The smallest absolute Gasteiger partial charge is 0.260 e. The summed E-state index contributed by atoms with van der Waals surface area (Å²) in [6.07, 6.45) is 6.36. The molecule has 1 aromatic carbocycles. The van der Waals surface area contributed by atoms with Crippen LogP contribution in [0.4, 0.5) is 0 Å². The zero-order valence-corrected chi connectivity index (χ0v) is 15.3. The lowest BCUT2D eigenvalue weighted by Crippen LogP contribution is -2.33. The Kier molecular flexibility index (Phi) is 4.87. The average molecular weight is 362 g/mol. The van der Waals surface area contributed by atoms with Crippen molar-refractivity contribution in [2.24, 2.45) is 0 Å². The van der Waals surface area contributed by atoms with E-state index in [1.165, 1.54) is 0 Å². The van der Waals surface area contributed by atoms with Crippen LogP contribution in [0.3, 0.4) is 0 Å². The highest BCUT2D eigenvalue weighted by Gasteiger charge is 2.30. The van der Waals surface area contributed by atoms with Crippen LogP contribution in [0.15, 0.2) is 61.1 Å². The molecule has 3 aromatic rings. The SMILES string of the molecule is Cc1cnc(-c2cccnc2)n1C1CCN(C(=O)COc2ccccc2)C1. The van der Waals surface area contributed by atoms with Crippen LogP contribution in [-0.4, -0.2) is 45.0 Å². The van der Waals surface area contributed by atoms with E-state index in [-0.39, 0.29) is 18.6 Å². The van der Waals surface area contributed by atoms with Crippen LogP contribution in [0.1, 0.15) is 18.2 Å². The summed E-state index contributed by atoms with van der Waals surface area (Å²) in [7, 11) is 0. The molecule has 0 N–H and O–H groups in total. The molecule has 138 valence electrons. The molecule has 3 heterocycles. The highest BCUT2D eigenvalue weighted by atomic mass is 16.5. The number of amides is 1. The van der Waals surface area contributed by atoms with E-state index in [1.807, 2.05) is 59.8 Å². The van der Waals surface area contributed by atoms with Crippen molar-refractivity contribution >= 4 is 5.91 Å². The Bertz CT molecular complexity index is 908. The maximum absolute atomic E-state index is 12.5. The Morgan fingerprint density at radius 3 is 2.81 bits per heavy atom. The van der Waals surface area contributed by atoms with Gasteiger partial charge < -0.3 is 14.2 Å². The van der Waals surface area contributed by atoms with Crippen molar-refractivity contribution in [2.75, 3.05) is 19.7 Å². The van der Waals surface area contributed by atoms with E-state index < -0.39 is 0 Å². The molecule has 1 saturated heterocycles. The van der Waals surface area contributed by atoms with Crippen molar-refractivity contribution < 1.29 is 9.53 Å². The molecule has 27 heavy (non-hydrogen) atoms. The normalized spacial score (nSPS) is 16.5. The van der Waals surface area contributed by atoms with Gasteiger partial charge in [0.15, 0.2) is 6.61 Å². The minimum absolute atomic E-state index is 0.0158. The number of para-hydroxylation sites is 1. The molecular weight excluding hydrogens is 340 g/mol. The first-order chi connectivity index (χ1) is 13.2. The van der Waals surface area contributed by atoms with Gasteiger partial charge in [0.2, 0.25) is 0 Å². The molecular formula is C21H22N4O2. The average Bonchev–Trinajstić information content (AvgIpc) is 3.34. The number of pyridine rings is 1. The molecule has 1 aliphatic heterocycles. The van der Waals surface area contributed by atoms with Gasteiger partial charge >= 0.3 is 0 Å². The summed E-state index contributed by atoms with van der Waals surface area (Å²) < 4.78 is 7.83. The van der Waals surface area contributed by atoms with Gasteiger partial charge in [-0.2, -0.15) is 0 Å². The monoisotopic (exact) mass is 362 g/mol. The van der Waals surface area contributed by atoms with Gasteiger partial charge in [-0.3, -0.25) is 9.78 Å². The fraction of sp³-hybridized carbons (Fsp3) is 0.286. The topological polar surface area (TPSA) is 60.2 Å². The third kappa shape index (κ3) is 3.69. The fourth-order valence-electron chi connectivity index (χ4n) is 3.55. The summed E-state index contributed by atoms with van der Waals surface area (Å²) in [5.74, 6) is 1.63. The Hall–Kier alpha value is -3.15. The zero-order valence-electron chi connectivity index (χ0n) is 15.3. The van der Waals surface area contributed by atoms with Crippen LogP contribution in [0.25, 0.3) is 11.4 Å². The predicted octanol–water partition coefficient (Wildman–Crippen LogP) is 3.11. The van der Waals surface area contributed by atoms with Crippen molar-refractivity contribution in [3.63, 3.8) is 0 Å². The summed E-state index contributed by atoms with van der Waals surface area (Å²) in [6, 6.07) is 13.6. The second-order valence-electron chi connectivity index (χ2n) is 6.72. The lowest BCUT2D eigenvalue weighted by molar-refractivity contribution is -0.132. The number of hydrogen-bond acceptors (Lipinski definition) is 4. The van der Waals surface area contributed by atoms with E-state index in [0.29, 0.717) is 12.3 Å². The second-order valence-corrected chi connectivity index (χ2v) is 6.72. The second kappa shape index (κ2) is 7.61. The van der Waals surface area contributed by atoms with Crippen molar-refractivity contribution in [1.82, 2.24) is 19.4 Å². The molecule has 1 amide bonds. The summed E-state index contributed by atoms with van der Waals surface area (Å²) in [5, 5.41) is 0. The van der Waals surface area contributed by atoms with Crippen LogP contribution in [0.5, 0.6) is 5.75 Å². The molecule has 1 aliphatic rings. The van der Waals surface area contributed by atoms with E-state index in [9.17, 15) is 4.79 Å². The highest BCUT2D eigenvalue weighted by molar-refractivity contribution is 5.78. The summed E-state index contributed by atoms with van der Waals surface area (Å²) in [4.78, 5) is 23.2. The van der Waals surface area contributed by atoms with E-state index in [0.717, 1.165) is 30.0 Å². The number of benzene rings is 1. The van der Waals surface area contributed by atoms with E-state index in [4.69, 9.17) is 4.74 Å². The third-order valence-corrected chi connectivity index (χ3v) is 4.89. The van der Waals surface area contributed by atoms with Crippen LogP contribution >= 0.6 is 0 Å². The molecule has 1 unspecified atom stereocenters. The standard InChI is InChI=1S/C21H22N4O2/c1-16-12-23-21(17-6-5-10-22-13-17)25(16)18-9-11-24(14-18)20(26)15-27-19-7-3-2-4-8-19/h2-8,10,12-13,18H,9,11,14-15H2,1H3. The van der Waals surface area contributed by atoms with E-state index in [1.54, 1.807) is 6.20 Å². The quantitative estimate of drug-likeness (QED) is 0.700. The molecule has 6 heteroatoms. The number of carbonyl (C=O) groups excluding carboxylic acids is 1. The zero-order chi connectivity index (χ0) is 18.6. The number of carbonyl (C=O) groups is 1.